The first-order chi connectivity index (χ1) is 20.6. The number of carbonyl (C=O) groups is 2. The summed E-state index contributed by atoms with van der Waals surface area (Å²) in [6.45, 7) is 6.23. The SMILES string of the molecule is Cc1cc(C(=O)N2CC3(COC3)C2)cc(C)c1/C=C/S(=O)(=O)N1CCC2(CC1)N=C(c1ccc(F)c(C(F)(F)F)c1)NC2=O. The maximum absolute atomic E-state index is 13.7. The van der Waals surface area contributed by atoms with Crippen LogP contribution in [-0.4, -0.2) is 80.2 Å². The smallest absolute Gasteiger partial charge is 0.380 e. The molecule has 1 N–H and O–H groups in total. The fraction of sp³-hybridized carbons (Fsp3) is 0.433. The summed E-state index contributed by atoms with van der Waals surface area (Å²) in [7, 11) is -3.90. The van der Waals surface area contributed by atoms with E-state index in [2.05, 4.69) is 10.3 Å². The van der Waals surface area contributed by atoms with E-state index < -0.39 is 39.0 Å². The standard InChI is InChI=1S/C30H30F4N4O5S/c1-18-11-21(26(39)37-14-28(15-37)16-43-17-28)12-19(2)22(18)5-10-44(41,42)38-8-6-29(7-9-38)27(40)35-25(36-29)20-3-4-24(31)23(13-20)30(32,33)34/h3-5,10-13H,6-9,14-17H2,1-2H3,(H,35,36,40)/b10-5+. The van der Waals surface area contributed by atoms with Gasteiger partial charge in [-0.3, -0.25) is 14.6 Å². The lowest BCUT2D eigenvalue weighted by Gasteiger charge is -2.54. The van der Waals surface area contributed by atoms with Crippen LogP contribution in [0.4, 0.5) is 17.6 Å². The molecule has 0 aliphatic carbocycles. The molecule has 4 aliphatic heterocycles. The van der Waals surface area contributed by atoms with Crippen molar-refractivity contribution in [2.45, 2.75) is 38.4 Å². The monoisotopic (exact) mass is 634 g/mol. The summed E-state index contributed by atoms with van der Waals surface area (Å²) in [6, 6.07) is 5.86. The number of nitrogens with zero attached hydrogens (tertiary/aromatic N) is 3. The summed E-state index contributed by atoms with van der Waals surface area (Å²) in [5.41, 5.74) is -0.0888. The molecule has 6 rings (SSSR count). The minimum Gasteiger partial charge on any atom is -0.380 e. The molecule has 2 aromatic rings. The third-order valence-electron chi connectivity index (χ3n) is 8.84. The number of carbonyl (C=O) groups excluding carboxylic acids is 2. The molecule has 4 heterocycles. The van der Waals surface area contributed by atoms with Crippen molar-refractivity contribution in [1.29, 1.82) is 0 Å². The highest BCUT2D eigenvalue weighted by Gasteiger charge is 2.51. The first-order valence-electron chi connectivity index (χ1n) is 14.1. The van der Waals surface area contributed by atoms with E-state index in [-0.39, 0.29) is 48.7 Å². The molecular formula is C30H30F4N4O5S. The zero-order chi connectivity index (χ0) is 31.7. The van der Waals surface area contributed by atoms with Gasteiger partial charge >= 0.3 is 6.18 Å². The van der Waals surface area contributed by atoms with Gasteiger partial charge in [-0.05, 0) is 79.8 Å². The summed E-state index contributed by atoms with van der Waals surface area (Å²) in [4.78, 5) is 32.0. The lowest BCUT2D eigenvalue weighted by atomic mass is 9.77. The van der Waals surface area contributed by atoms with Gasteiger partial charge in [-0.15, -0.1) is 0 Å². The zero-order valence-electron chi connectivity index (χ0n) is 24.0. The van der Waals surface area contributed by atoms with Crippen molar-refractivity contribution in [3.63, 3.8) is 0 Å². The van der Waals surface area contributed by atoms with E-state index in [1.807, 2.05) is 13.8 Å². The number of sulfonamides is 1. The van der Waals surface area contributed by atoms with E-state index in [9.17, 15) is 35.6 Å². The first kappa shape index (κ1) is 30.4. The Balaban J connectivity index is 1.13. The lowest BCUT2D eigenvalue weighted by Crippen LogP contribution is -2.67. The van der Waals surface area contributed by atoms with Crippen molar-refractivity contribution in [2.75, 3.05) is 39.4 Å². The lowest BCUT2D eigenvalue weighted by molar-refractivity contribution is -0.176. The molecule has 2 spiro atoms. The number of likely N-dealkylation sites (tertiary alicyclic amines) is 1. The Morgan fingerprint density at radius 2 is 1.70 bits per heavy atom. The van der Waals surface area contributed by atoms with E-state index in [1.165, 1.54) is 10.4 Å². The molecular weight excluding hydrogens is 604 g/mol. The van der Waals surface area contributed by atoms with Gasteiger partial charge < -0.3 is 15.0 Å². The average molecular weight is 635 g/mol. The Labute approximate surface area is 251 Å². The fourth-order valence-electron chi connectivity index (χ4n) is 6.26. The average Bonchev–Trinajstić information content (AvgIpc) is 3.21. The molecule has 14 heteroatoms. The van der Waals surface area contributed by atoms with Crippen LogP contribution in [0, 0.1) is 25.1 Å². The highest BCUT2D eigenvalue weighted by molar-refractivity contribution is 7.92. The van der Waals surface area contributed by atoms with Gasteiger partial charge in [-0.1, -0.05) is 0 Å². The van der Waals surface area contributed by atoms with Crippen molar-refractivity contribution in [3.05, 3.63) is 74.9 Å². The maximum Gasteiger partial charge on any atom is 0.419 e. The molecule has 2 aromatic carbocycles. The van der Waals surface area contributed by atoms with Crippen LogP contribution in [0.5, 0.6) is 0 Å². The quantitative estimate of drug-likeness (QED) is 0.506. The molecule has 0 radical (unpaired) electrons. The van der Waals surface area contributed by atoms with Gasteiger partial charge in [0.2, 0.25) is 10.0 Å². The van der Waals surface area contributed by atoms with Crippen LogP contribution < -0.4 is 5.32 Å². The number of amidine groups is 1. The number of halogens is 4. The van der Waals surface area contributed by atoms with Gasteiger partial charge in [0.25, 0.3) is 11.8 Å². The second kappa shape index (κ2) is 10.5. The Hall–Kier alpha value is -3.62. The number of ether oxygens (including phenoxy) is 1. The van der Waals surface area contributed by atoms with E-state index >= 15 is 0 Å². The number of hydrogen-bond acceptors (Lipinski definition) is 6. The van der Waals surface area contributed by atoms with Crippen molar-refractivity contribution in [1.82, 2.24) is 14.5 Å². The number of aryl methyl sites for hydroxylation is 2. The van der Waals surface area contributed by atoms with Crippen molar-refractivity contribution >= 4 is 33.7 Å². The van der Waals surface area contributed by atoms with Gasteiger partial charge in [0, 0.05) is 42.7 Å². The molecule has 3 fully saturated rings. The third kappa shape index (κ3) is 5.32. The summed E-state index contributed by atoms with van der Waals surface area (Å²) in [5, 5.41) is 3.58. The van der Waals surface area contributed by atoms with Crippen LogP contribution in [0.3, 0.4) is 0 Å². The predicted octanol–water partition coefficient (Wildman–Crippen LogP) is 3.65. The van der Waals surface area contributed by atoms with Crippen molar-refractivity contribution in [3.8, 4) is 0 Å². The Morgan fingerprint density at radius 3 is 2.27 bits per heavy atom. The number of aliphatic imine (C=N–C) groups is 1. The number of benzene rings is 2. The van der Waals surface area contributed by atoms with Gasteiger partial charge in [0.1, 0.15) is 17.2 Å². The Kier molecular flexibility index (Phi) is 7.25. The van der Waals surface area contributed by atoms with Crippen LogP contribution in [0.25, 0.3) is 6.08 Å². The molecule has 0 aromatic heterocycles. The van der Waals surface area contributed by atoms with E-state index in [4.69, 9.17) is 4.74 Å². The molecule has 3 saturated heterocycles. The topological polar surface area (TPSA) is 108 Å². The van der Waals surface area contributed by atoms with Crippen molar-refractivity contribution in [2.24, 2.45) is 10.4 Å². The number of piperidine rings is 1. The van der Waals surface area contributed by atoms with Crippen LogP contribution >= 0.6 is 0 Å². The van der Waals surface area contributed by atoms with Crippen LogP contribution in [0.1, 0.15) is 51.0 Å². The molecule has 0 unspecified atom stereocenters. The molecule has 0 atom stereocenters. The number of rotatable bonds is 5. The minimum absolute atomic E-state index is 0.0154. The largest absolute Gasteiger partial charge is 0.419 e. The third-order valence-corrected chi connectivity index (χ3v) is 10.4. The molecule has 234 valence electrons. The second-order valence-corrected chi connectivity index (χ2v) is 13.9. The van der Waals surface area contributed by atoms with Crippen LogP contribution in [0.15, 0.2) is 40.7 Å². The van der Waals surface area contributed by atoms with Crippen molar-refractivity contribution < 1.29 is 40.3 Å². The Morgan fingerprint density at radius 1 is 1.07 bits per heavy atom. The van der Waals surface area contributed by atoms with Crippen LogP contribution in [0.2, 0.25) is 0 Å². The minimum atomic E-state index is -4.92. The normalized spacial score (nSPS) is 21.4. The number of amides is 2. The number of nitrogens with one attached hydrogen (secondary N) is 1. The van der Waals surface area contributed by atoms with E-state index in [0.29, 0.717) is 49.6 Å². The number of alkyl halides is 3. The molecule has 44 heavy (non-hydrogen) atoms. The fourth-order valence-corrected chi connectivity index (χ4v) is 7.43. The highest BCUT2D eigenvalue weighted by Crippen LogP contribution is 2.39. The summed E-state index contributed by atoms with van der Waals surface area (Å²) in [5.74, 6) is -2.17. The highest BCUT2D eigenvalue weighted by atomic mass is 32.2. The molecule has 0 saturated carbocycles. The van der Waals surface area contributed by atoms with Gasteiger partial charge in [0.05, 0.1) is 24.2 Å². The molecule has 2 amide bonds. The summed E-state index contributed by atoms with van der Waals surface area (Å²) < 4.78 is 86.2. The predicted molar refractivity (Wildman–Crippen MR) is 153 cm³/mol. The molecule has 0 bridgehead atoms. The van der Waals surface area contributed by atoms with Gasteiger partial charge in [0.15, 0.2) is 0 Å². The van der Waals surface area contributed by atoms with Crippen LogP contribution in [-0.2, 0) is 25.7 Å². The zero-order valence-corrected chi connectivity index (χ0v) is 24.8. The second-order valence-electron chi connectivity index (χ2n) is 12.1. The van der Waals surface area contributed by atoms with E-state index in [0.717, 1.165) is 22.6 Å². The van der Waals surface area contributed by atoms with Gasteiger partial charge in [-0.2, -0.15) is 17.5 Å². The molecule has 9 nitrogen and oxygen atoms in total. The first-order valence-corrected chi connectivity index (χ1v) is 15.6. The summed E-state index contributed by atoms with van der Waals surface area (Å²) in [6.07, 6.45) is -3.40. The van der Waals surface area contributed by atoms with Gasteiger partial charge in [-0.25, -0.2) is 12.8 Å². The number of hydrogen-bond donors (Lipinski definition) is 1. The van der Waals surface area contributed by atoms with E-state index in [1.54, 1.807) is 17.0 Å². The molecule has 4 aliphatic rings. The Bertz CT molecular complexity index is 1690. The maximum atomic E-state index is 13.7. The summed E-state index contributed by atoms with van der Waals surface area (Å²) >= 11 is 0.